The highest BCUT2D eigenvalue weighted by Gasteiger charge is 2.21. The Labute approximate surface area is 86.1 Å². The number of hydrogen-bond donors (Lipinski definition) is 1. The molecule has 1 amide bonds. The van der Waals surface area contributed by atoms with E-state index in [4.69, 9.17) is 5.11 Å². The molecule has 1 aliphatic rings. The van der Waals surface area contributed by atoms with E-state index < -0.39 is 0 Å². The van der Waals surface area contributed by atoms with Gasteiger partial charge in [-0.2, -0.15) is 0 Å². The lowest BCUT2D eigenvalue weighted by molar-refractivity contribution is -0.131. The molecule has 0 radical (unpaired) electrons. The molecule has 0 aromatic carbocycles. The molecule has 3 heteroatoms. The fourth-order valence-electron chi connectivity index (χ4n) is 2.15. The number of aliphatic hydroxyl groups is 1. The van der Waals surface area contributed by atoms with Crippen molar-refractivity contribution in [3.8, 4) is 0 Å². The van der Waals surface area contributed by atoms with Gasteiger partial charge < -0.3 is 10.0 Å². The molecule has 1 saturated heterocycles. The Morgan fingerprint density at radius 1 is 1.50 bits per heavy atom. The lowest BCUT2D eigenvalue weighted by Gasteiger charge is -2.19. The van der Waals surface area contributed by atoms with Crippen LogP contribution in [-0.2, 0) is 4.79 Å². The number of β-amino-alcohol motifs (C(OH)–C–C–N with tert-alkyl or cyclic N) is 1. The predicted molar refractivity (Wildman–Crippen MR) is 55.9 cm³/mol. The molecule has 0 bridgehead atoms. The highest BCUT2D eigenvalue weighted by molar-refractivity contribution is 5.76. The van der Waals surface area contributed by atoms with Gasteiger partial charge in [0.05, 0.1) is 6.61 Å². The van der Waals surface area contributed by atoms with Crippen LogP contribution in [0.15, 0.2) is 0 Å². The number of amides is 1. The van der Waals surface area contributed by atoms with Crippen molar-refractivity contribution in [3.05, 3.63) is 0 Å². The Hall–Kier alpha value is -0.570. The van der Waals surface area contributed by atoms with E-state index in [0.717, 1.165) is 19.4 Å². The van der Waals surface area contributed by atoms with Crippen molar-refractivity contribution in [2.45, 2.75) is 39.0 Å². The lowest BCUT2D eigenvalue weighted by Crippen LogP contribution is -2.32. The molecule has 0 aromatic rings. The predicted octanol–water partition coefficient (Wildman–Crippen LogP) is 1.41. The molecule has 1 atom stereocenters. The van der Waals surface area contributed by atoms with Crippen LogP contribution in [0.5, 0.6) is 0 Å². The quantitative estimate of drug-likeness (QED) is 0.743. The Kier molecular flexibility index (Phi) is 4.94. The summed E-state index contributed by atoms with van der Waals surface area (Å²) in [4.78, 5) is 13.4. The van der Waals surface area contributed by atoms with Gasteiger partial charge in [0.15, 0.2) is 0 Å². The maximum Gasteiger partial charge on any atom is 0.222 e. The first-order chi connectivity index (χ1) is 6.77. The largest absolute Gasteiger partial charge is 0.395 e. The third-order valence-corrected chi connectivity index (χ3v) is 2.99. The van der Waals surface area contributed by atoms with E-state index >= 15 is 0 Å². The van der Waals surface area contributed by atoms with Gasteiger partial charge in [0.25, 0.3) is 0 Å². The Morgan fingerprint density at radius 2 is 2.29 bits per heavy atom. The first kappa shape index (κ1) is 11.5. The summed E-state index contributed by atoms with van der Waals surface area (Å²) in [5.41, 5.74) is 0. The zero-order chi connectivity index (χ0) is 10.4. The van der Waals surface area contributed by atoms with Gasteiger partial charge in [-0.15, -0.1) is 0 Å². The van der Waals surface area contributed by atoms with E-state index in [0.29, 0.717) is 18.9 Å². The first-order valence-electron chi connectivity index (χ1n) is 5.66. The summed E-state index contributed by atoms with van der Waals surface area (Å²) < 4.78 is 0. The minimum Gasteiger partial charge on any atom is -0.395 e. The van der Waals surface area contributed by atoms with Gasteiger partial charge in [-0.1, -0.05) is 19.8 Å². The van der Waals surface area contributed by atoms with E-state index in [1.165, 1.54) is 12.8 Å². The molecule has 82 valence electrons. The van der Waals surface area contributed by atoms with Crippen molar-refractivity contribution in [1.29, 1.82) is 0 Å². The van der Waals surface area contributed by atoms with Crippen molar-refractivity contribution in [2.24, 2.45) is 5.92 Å². The van der Waals surface area contributed by atoms with Crippen LogP contribution in [0, 0.1) is 5.92 Å². The highest BCUT2D eigenvalue weighted by atomic mass is 16.3. The van der Waals surface area contributed by atoms with Crippen molar-refractivity contribution >= 4 is 5.91 Å². The summed E-state index contributed by atoms with van der Waals surface area (Å²) in [5.74, 6) is 0.935. The van der Waals surface area contributed by atoms with Crippen molar-refractivity contribution < 1.29 is 9.90 Å². The third kappa shape index (κ3) is 3.29. The van der Waals surface area contributed by atoms with Crippen molar-refractivity contribution in [3.63, 3.8) is 0 Å². The fraction of sp³-hybridized carbons (Fsp3) is 0.909. The number of rotatable bonds is 4. The van der Waals surface area contributed by atoms with Gasteiger partial charge in [0.1, 0.15) is 0 Å². The number of likely N-dealkylation sites (tertiary alicyclic amines) is 1. The van der Waals surface area contributed by atoms with Crippen LogP contribution in [0.2, 0.25) is 0 Å². The smallest absolute Gasteiger partial charge is 0.222 e. The molecule has 0 saturated carbocycles. The van der Waals surface area contributed by atoms with Crippen LogP contribution < -0.4 is 0 Å². The van der Waals surface area contributed by atoms with Crippen molar-refractivity contribution in [2.75, 3.05) is 19.7 Å². The van der Waals surface area contributed by atoms with Gasteiger partial charge in [-0.05, 0) is 18.8 Å². The van der Waals surface area contributed by atoms with Crippen LogP contribution in [0.1, 0.15) is 39.0 Å². The van der Waals surface area contributed by atoms with E-state index in [2.05, 4.69) is 6.92 Å². The topological polar surface area (TPSA) is 40.5 Å². The molecule has 0 aromatic heterocycles. The Bertz CT molecular complexity index is 182. The van der Waals surface area contributed by atoms with Crippen molar-refractivity contribution in [1.82, 2.24) is 4.90 Å². The number of aliphatic hydroxyl groups excluding tert-OH is 1. The molecule has 1 unspecified atom stereocenters. The van der Waals surface area contributed by atoms with E-state index in [1.54, 1.807) is 4.90 Å². The molecule has 0 spiro atoms. The fourth-order valence-corrected chi connectivity index (χ4v) is 2.15. The molecular weight excluding hydrogens is 178 g/mol. The normalized spacial score (nSPS) is 23.7. The summed E-state index contributed by atoms with van der Waals surface area (Å²) in [5, 5.41) is 8.80. The first-order valence-corrected chi connectivity index (χ1v) is 5.66. The lowest BCUT2D eigenvalue weighted by atomic mass is 9.96. The molecule has 0 aliphatic carbocycles. The highest BCUT2D eigenvalue weighted by Crippen LogP contribution is 2.22. The molecule has 3 nitrogen and oxygen atoms in total. The molecule has 1 heterocycles. The summed E-state index contributed by atoms with van der Waals surface area (Å²) >= 11 is 0. The zero-order valence-corrected chi connectivity index (χ0v) is 9.04. The maximum atomic E-state index is 11.6. The average Bonchev–Trinajstić information content (AvgIpc) is 2.34. The minimum atomic E-state index is 0.0875. The summed E-state index contributed by atoms with van der Waals surface area (Å²) in [7, 11) is 0. The van der Waals surface area contributed by atoms with Crippen LogP contribution in [-0.4, -0.2) is 35.6 Å². The minimum absolute atomic E-state index is 0.0875. The molecular formula is C11H21NO2. The molecule has 1 fully saturated rings. The number of nitrogens with zero attached hydrogens (tertiary/aromatic N) is 1. The van der Waals surface area contributed by atoms with Crippen LogP contribution >= 0.6 is 0 Å². The summed E-state index contributed by atoms with van der Waals surface area (Å²) in [6, 6.07) is 0. The van der Waals surface area contributed by atoms with E-state index in [9.17, 15) is 4.79 Å². The van der Waals surface area contributed by atoms with Gasteiger partial charge in [-0.3, -0.25) is 4.79 Å². The van der Waals surface area contributed by atoms with Gasteiger partial charge in [0.2, 0.25) is 5.91 Å². The van der Waals surface area contributed by atoms with E-state index in [1.807, 2.05) is 0 Å². The zero-order valence-electron chi connectivity index (χ0n) is 9.04. The molecule has 1 aliphatic heterocycles. The van der Waals surface area contributed by atoms with Gasteiger partial charge >= 0.3 is 0 Å². The molecule has 14 heavy (non-hydrogen) atoms. The Balaban J connectivity index is 2.40. The van der Waals surface area contributed by atoms with E-state index in [-0.39, 0.29) is 12.5 Å². The van der Waals surface area contributed by atoms with Gasteiger partial charge in [-0.25, -0.2) is 0 Å². The summed E-state index contributed by atoms with van der Waals surface area (Å²) in [6.45, 7) is 3.63. The van der Waals surface area contributed by atoms with Crippen LogP contribution in [0.25, 0.3) is 0 Å². The Morgan fingerprint density at radius 3 is 2.93 bits per heavy atom. The number of carbonyl (C=O) groups is 1. The number of carbonyl (C=O) groups excluding carboxylic acids is 1. The monoisotopic (exact) mass is 199 g/mol. The number of hydrogen-bond acceptors (Lipinski definition) is 2. The van der Waals surface area contributed by atoms with Crippen LogP contribution in [0.3, 0.4) is 0 Å². The second kappa shape index (κ2) is 6.02. The van der Waals surface area contributed by atoms with Gasteiger partial charge in [0, 0.05) is 19.5 Å². The average molecular weight is 199 g/mol. The van der Waals surface area contributed by atoms with Crippen LogP contribution in [0.4, 0.5) is 0 Å². The third-order valence-electron chi connectivity index (χ3n) is 2.99. The standard InChI is InChI=1S/C11H21NO2/c1-2-3-10-4-5-11(14)12(7-6-10)8-9-13/h10,13H,2-9H2,1H3. The summed E-state index contributed by atoms with van der Waals surface area (Å²) in [6.07, 6.45) is 5.26. The molecule has 1 rings (SSSR count). The molecule has 1 N–H and O–H groups in total. The second-order valence-electron chi connectivity index (χ2n) is 4.09. The second-order valence-corrected chi connectivity index (χ2v) is 4.09. The maximum absolute atomic E-state index is 11.6. The SMILES string of the molecule is CCCC1CCC(=O)N(CCO)CC1.